The van der Waals surface area contributed by atoms with E-state index in [1.807, 2.05) is 13.8 Å². The first-order chi connectivity index (χ1) is 12.5. The molecule has 0 radical (unpaired) electrons. The molecule has 1 atom stereocenters. The number of aromatic nitrogens is 2. The molecule has 2 aromatic heterocycles. The topological polar surface area (TPSA) is 50.2 Å². The number of carbonyl (C=O) groups excluding carboxylic acids is 1. The summed E-state index contributed by atoms with van der Waals surface area (Å²) in [5.74, 6) is 0.764. The molecule has 0 aliphatic carbocycles. The molecule has 0 bridgehead atoms. The minimum atomic E-state index is -0.0285. The van der Waals surface area contributed by atoms with Crippen molar-refractivity contribution < 1.29 is 4.79 Å². The molecule has 1 aliphatic heterocycles. The predicted octanol–water partition coefficient (Wildman–Crippen LogP) is 3.80. The van der Waals surface area contributed by atoms with E-state index in [0.717, 1.165) is 30.4 Å². The summed E-state index contributed by atoms with van der Waals surface area (Å²) in [6.45, 7) is 9.07. The van der Waals surface area contributed by atoms with Crippen LogP contribution in [0.2, 0.25) is 5.02 Å². The number of amides is 1. The van der Waals surface area contributed by atoms with Gasteiger partial charge in [0.25, 0.3) is 0 Å². The van der Waals surface area contributed by atoms with Gasteiger partial charge in [0.2, 0.25) is 5.91 Å². The van der Waals surface area contributed by atoms with Crippen molar-refractivity contribution in [1.82, 2.24) is 20.0 Å². The summed E-state index contributed by atoms with van der Waals surface area (Å²) in [5.41, 5.74) is 1.59. The van der Waals surface area contributed by atoms with E-state index in [1.165, 1.54) is 17.7 Å². The summed E-state index contributed by atoms with van der Waals surface area (Å²) in [7, 11) is 0. The van der Waals surface area contributed by atoms with Crippen molar-refractivity contribution in [1.29, 1.82) is 0 Å². The summed E-state index contributed by atoms with van der Waals surface area (Å²) in [5, 5.41) is 10.2. The third kappa shape index (κ3) is 4.48. The molecule has 1 fully saturated rings. The SMILES string of the molecule is Cc1nn(CC(=O)NCC(c2cccs2)N2CCC(C)CC2)c(C)c1Cl. The number of rotatable bonds is 6. The van der Waals surface area contributed by atoms with E-state index in [9.17, 15) is 4.79 Å². The number of piperidine rings is 1. The van der Waals surface area contributed by atoms with Crippen LogP contribution in [0.4, 0.5) is 0 Å². The molecule has 0 saturated carbocycles. The highest BCUT2D eigenvalue weighted by Crippen LogP contribution is 2.29. The minimum absolute atomic E-state index is 0.0285. The Bertz CT molecular complexity index is 735. The second kappa shape index (κ2) is 8.55. The summed E-state index contributed by atoms with van der Waals surface area (Å²) < 4.78 is 1.68. The molecule has 5 nitrogen and oxygen atoms in total. The summed E-state index contributed by atoms with van der Waals surface area (Å²) in [6, 6.07) is 4.50. The van der Waals surface area contributed by atoms with Crippen LogP contribution in [0.15, 0.2) is 17.5 Å². The molecule has 1 unspecified atom stereocenters. The number of nitrogens with one attached hydrogen (secondary N) is 1. The average Bonchev–Trinajstić information content (AvgIpc) is 3.22. The van der Waals surface area contributed by atoms with Crippen molar-refractivity contribution in [3.05, 3.63) is 38.8 Å². The fraction of sp³-hybridized carbons (Fsp3) is 0.579. The van der Waals surface area contributed by atoms with Gasteiger partial charge in [-0.05, 0) is 57.1 Å². The van der Waals surface area contributed by atoms with Gasteiger partial charge in [-0.2, -0.15) is 5.10 Å². The van der Waals surface area contributed by atoms with E-state index in [-0.39, 0.29) is 18.5 Å². The fourth-order valence-corrected chi connectivity index (χ4v) is 4.46. The second-order valence-electron chi connectivity index (χ2n) is 7.20. The van der Waals surface area contributed by atoms with E-state index in [0.29, 0.717) is 11.6 Å². The molecular formula is C19H27ClN4OS. The Morgan fingerprint density at radius 3 is 2.73 bits per heavy atom. The van der Waals surface area contributed by atoms with Crippen LogP contribution in [0.5, 0.6) is 0 Å². The Morgan fingerprint density at radius 2 is 2.15 bits per heavy atom. The lowest BCUT2D eigenvalue weighted by atomic mass is 9.97. The Hall–Kier alpha value is -1.37. The zero-order valence-electron chi connectivity index (χ0n) is 15.7. The van der Waals surface area contributed by atoms with Crippen LogP contribution in [-0.2, 0) is 11.3 Å². The van der Waals surface area contributed by atoms with Crippen LogP contribution < -0.4 is 5.32 Å². The van der Waals surface area contributed by atoms with Gasteiger partial charge in [0, 0.05) is 11.4 Å². The van der Waals surface area contributed by atoms with Crippen LogP contribution in [0.1, 0.15) is 42.1 Å². The number of thiophene rings is 1. The standard InChI is InChI=1S/C19H27ClN4OS/c1-13-6-8-23(9-7-13)16(17-5-4-10-26-17)11-21-18(25)12-24-15(3)19(20)14(2)22-24/h4-5,10,13,16H,6-9,11-12H2,1-3H3,(H,21,25). The Kier molecular flexibility index (Phi) is 6.37. The van der Waals surface area contributed by atoms with Gasteiger partial charge < -0.3 is 5.32 Å². The smallest absolute Gasteiger partial charge is 0.241 e. The van der Waals surface area contributed by atoms with Gasteiger partial charge in [-0.3, -0.25) is 14.4 Å². The lowest BCUT2D eigenvalue weighted by molar-refractivity contribution is -0.122. The summed E-state index contributed by atoms with van der Waals surface area (Å²) >= 11 is 7.93. The van der Waals surface area contributed by atoms with Crippen molar-refractivity contribution in [3.63, 3.8) is 0 Å². The van der Waals surface area contributed by atoms with E-state index in [4.69, 9.17) is 11.6 Å². The van der Waals surface area contributed by atoms with E-state index in [2.05, 4.69) is 39.8 Å². The van der Waals surface area contributed by atoms with Crippen LogP contribution in [-0.4, -0.2) is 40.2 Å². The number of carbonyl (C=O) groups is 1. The van der Waals surface area contributed by atoms with Gasteiger partial charge in [-0.25, -0.2) is 0 Å². The quantitative estimate of drug-likeness (QED) is 0.810. The van der Waals surface area contributed by atoms with Crippen LogP contribution in [0.25, 0.3) is 0 Å². The normalized spacial score (nSPS) is 17.4. The molecule has 1 amide bonds. The molecular weight excluding hydrogens is 368 g/mol. The lowest BCUT2D eigenvalue weighted by Crippen LogP contribution is -2.42. The van der Waals surface area contributed by atoms with Gasteiger partial charge in [0.1, 0.15) is 6.54 Å². The minimum Gasteiger partial charge on any atom is -0.353 e. The van der Waals surface area contributed by atoms with E-state index in [1.54, 1.807) is 16.0 Å². The van der Waals surface area contributed by atoms with Gasteiger partial charge in [-0.15, -0.1) is 11.3 Å². The maximum absolute atomic E-state index is 12.5. The number of hydrogen-bond acceptors (Lipinski definition) is 4. The number of likely N-dealkylation sites (tertiary alicyclic amines) is 1. The highest BCUT2D eigenvalue weighted by molar-refractivity contribution is 7.10. The number of hydrogen-bond donors (Lipinski definition) is 1. The van der Waals surface area contributed by atoms with Gasteiger partial charge in [0.15, 0.2) is 0 Å². The molecule has 1 saturated heterocycles. The van der Waals surface area contributed by atoms with Crippen LogP contribution in [0.3, 0.4) is 0 Å². The lowest BCUT2D eigenvalue weighted by Gasteiger charge is -2.36. The highest BCUT2D eigenvalue weighted by Gasteiger charge is 2.25. The van der Waals surface area contributed by atoms with E-state index < -0.39 is 0 Å². The maximum Gasteiger partial charge on any atom is 0.241 e. The molecule has 0 spiro atoms. The largest absolute Gasteiger partial charge is 0.353 e. The molecule has 0 aromatic carbocycles. The second-order valence-corrected chi connectivity index (χ2v) is 8.55. The molecule has 1 aliphatic rings. The van der Waals surface area contributed by atoms with E-state index >= 15 is 0 Å². The third-order valence-electron chi connectivity index (χ3n) is 5.21. The third-order valence-corrected chi connectivity index (χ3v) is 6.73. The Balaban J connectivity index is 1.62. The molecule has 7 heteroatoms. The predicted molar refractivity (Wildman–Crippen MR) is 107 cm³/mol. The summed E-state index contributed by atoms with van der Waals surface area (Å²) in [6.07, 6.45) is 2.44. The molecule has 3 rings (SSSR count). The number of aryl methyl sites for hydroxylation is 1. The van der Waals surface area contributed by atoms with Crippen molar-refractivity contribution in [2.75, 3.05) is 19.6 Å². The Morgan fingerprint density at radius 1 is 1.42 bits per heavy atom. The number of halogens is 1. The van der Waals surface area contributed by atoms with Crippen LogP contribution in [0, 0.1) is 19.8 Å². The van der Waals surface area contributed by atoms with Crippen molar-refractivity contribution in [2.24, 2.45) is 5.92 Å². The first-order valence-electron chi connectivity index (χ1n) is 9.19. The zero-order chi connectivity index (χ0) is 18.7. The van der Waals surface area contributed by atoms with Crippen molar-refractivity contribution >= 4 is 28.8 Å². The molecule has 142 valence electrons. The first kappa shape index (κ1) is 19.4. The van der Waals surface area contributed by atoms with Gasteiger partial charge in [0.05, 0.1) is 22.5 Å². The number of nitrogens with zero attached hydrogens (tertiary/aromatic N) is 3. The fourth-order valence-electron chi connectivity index (χ4n) is 3.46. The zero-order valence-corrected chi connectivity index (χ0v) is 17.2. The van der Waals surface area contributed by atoms with Crippen molar-refractivity contribution in [3.8, 4) is 0 Å². The van der Waals surface area contributed by atoms with Crippen molar-refractivity contribution in [2.45, 2.75) is 46.2 Å². The first-order valence-corrected chi connectivity index (χ1v) is 10.4. The molecule has 2 aromatic rings. The highest BCUT2D eigenvalue weighted by atomic mass is 35.5. The molecule has 26 heavy (non-hydrogen) atoms. The Labute approximate surface area is 164 Å². The van der Waals surface area contributed by atoms with Gasteiger partial charge >= 0.3 is 0 Å². The summed E-state index contributed by atoms with van der Waals surface area (Å²) in [4.78, 5) is 16.3. The molecule has 3 heterocycles. The average molecular weight is 395 g/mol. The van der Waals surface area contributed by atoms with Gasteiger partial charge in [-0.1, -0.05) is 24.6 Å². The van der Waals surface area contributed by atoms with Crippen LogP contribution >= 0.6 is 22.9 Å². The molecule has 1 N–H and O–H groups in total. The maximum atomic E-state index is 12.5. The monoisotopic (exact) mass is 394 g/mol.